The number of aliphatic hydroxyl groups excluding tert-OH is 2. The summed E-state index contributed by atoms with van der Waals surface area (Å²) < 4.78 is 18.4. The molecule has 5 nitrogen and oxygen atoms in total. The quantitative estimate of drug-likeness (QED) is 0.273. The molecule has 4 atom stereocenters. The molecule has 1 fully saturated rings. The van der Waals surface area contributed by atoms with E-state index in [1.165, 1.54) is 0 Å². The van der Waals surface area contributed by atoms with Crippen molar-refractivity contribution < 1.29 is 23.8 Å². The van der Waals surface area contributed by atoms with Gasteiger partial charge in [0.15, 0.2) is 16.6 Å². The second-order valence-corrected chi connectivity index (χ2v) is 22.0. The van der Waals surface area contributed by atoms with Crippen LogP contribution in [-0.2, 0) is 13.6 Å². The Hall–Kier alpha value is 0.234. The number of aliphatic hydroxyl groups is 2. The summed E-state index contributed by atoms with van der Waals surface area (Å²) in [6.07, 6.45) is 3.36. The number of hydrogen-bond donors (Lipinski definition) is 2. The summed E-state index contributed by atoms with van der Waals surface area (Å²) in [4.78, 5) is 0. The zero-order valence-corrected chi connectivity index (χ0v) is 24.1. The molecule has 0 aromatic rings. The van der Waals surface area contributed by atoms with Crippen molar-refractivity contribution in [3.8, 4) is 0 Å². The van der Waals surface area contributed by atoms with Crippen LogP contribution in [0.3, 0.4) is 0 Å². The molecule has 1 rings (SSSR count). The second-order valence-electron chi connectivity index (χ2n) is 12.4. The summed E-state index contributed by atoms with van der Waals surface area (Å²) in [5.41, 5.74) is 0. The summed E-state index contributed by atoms with van der Waals surface area (Å²) in [5, 5.41) is 21.5. The minimum atomic E-state index is -1.73. The monoisotopic (exact) mass is 476 g/mol. The highest BCUT2D eigenvalue weighted by molar-refractivity contribution is 6.74. The summed E-state index contributed by atoms with van der Waals surface area (Å²) in [6, 6.07) is 0. The molecule has 0 aromatic heterocycles. The lowest BCUT2D eigenvalue weighted by atomic mass is 10.0. The average Bonchev–Trinajstić information content (AvgIpc) is 3.10. The van der Waals surface area contributed by atoms with E-state index in [1.54, 1.807) is 0 Å². The van der Waals surface area contributed by atoms with Gasteiger partial charge in [-0.3, -0.25) is 0 Å². The van der Waals surface area contributed by atoms with Crippen molar-refractivity contribution in [1.29, 1.82) is 0 Å². The first kappa shape index (κ1) is 29.3. The molecular formula is C24H52O5Si2. The van der Waals surface area contributed by atoms with E-state index < -0.39 is 28.8 Å². The Balaban J connectivity index is 2.28. The van der Waals surface area contributed by atoms with Crippen molar-refractivity contribution in [2.24, 2.45) is 0 Å². The van der Waals surface area contributed by atoms with Crippen LogP contribution in [0.25, 0.3) is 0 Å². The maximum absolute atomic E-state index is 10.6. The zero-order chi connectivity index (χ0) is 24.1. The largest absolute Gasteiger partial charge is 0.417 e. The van der Waals surface area contributed by atoms with E-state index in [2.05, 4.69) is 67.7 Å². The number of rotatable bonds is 12. The summed E-state index contributed by atoms with van der Waals surface area (Å²) in [6.45, 7) is 23.9. The summed E-state index contributed by atoms with van der Waals surface area (Å²) >= 11 is 0. The molecule has 1 heterocycles. The van der Waals surface area contributed by atoms with E-state index in [4.69, 9.17) is 13.6 Å². The fraction of sp³-hybridized carbons (Fsp3) is 1.00. The van der Waals surface area contributed by atoms with Crippen molar-refractivity contribution >= 4 is 16.6 Å². The highest BCUT2D eigenvalue weighted by atomic mass is 28.4. The lowest BCUT2D eigenvalue weighted by molar-refractivity contribution is -0.0793. The van der Waals surface area contributed by atoms with E-state index in [0.29, 0.717) is 26.1 Å². The molecule has 1 aliphatic rings. The zero-order valence-electron chi connectivity index (χ0n) is 22.1. The summed E-state index contributed by atoms with van der Waals surface area (Å²) in [5.74, 6) is 0. The SMILES string of the molecule is CC(C)(C)[Si](C)(C)OCCC[C@@H](O)[C@H]1CC[C@@H]([C@@H](O)CCCO[Si](C)(C)C(C)(C)C)O1. The Morgan fingerprint density at radius 2 is 1.06 bits per heavy atom. The first-order valence-electron chi connectivity index (χ1n) is 12.3. The molecule has 7 heteroatoms. The van der Waals surface area contributed by atoms with E-state index in [1.807, 2.05) is 0 Å². The molecule has 0 amide bonds. The van der Waals surface area contributed by atoms with Crippen molar-refractivity contribution in [2.45, 2.75) is 141 Å². The molecule has 31 heavy (non-hydrogen) atoms. The van der Waals surface area contributed by atoms with Crippen molar-refractivity contribution in [1.82, 2.24) is 0 Å². The van der Waals surface area contributed by atoms with Gasteiger partial charge in [0.25, 0.3) is 0 Å². The van der Waals surface area contributed by atoms with E-state index in [-0.39, 0.29) is 22.3 Å². The normalized spacial score (nSPS) is 23.2. The van der Waals surface area contributed by atoms with Crippen LogP contribution >= 0.6 is 0 Å². The summed E-state index contributed by atoms with van der Waals surface area (Å²) in [7, 11) is -3.45. The molecule has 1 aliphatic heterocycles. The van der Waals surface area contributed by atoms with Crippen molar-refractivity contribution in [3.05, 3.63) is 0 Å². The fourth-order valence-corrected chi connectivity index (χ4v) is 5.47. The Morgan fingerprint density at radius 3 is 1.35 bits per heavy atom. The van der Waals surface area contributed by atoms with Crippen LogP contribution in [0.5, 0.6) is 0 Å². The van der Waals surface area contributed by atoms with Crippen molar-refractivity contribution in [2.75, 3.05) is 13.2 Å². The third-order valence-electron chi connectivity index (χ3n) is 7.77. The Labute approximate surface area is 194 Å². The van der Waals surface area contributed by atoms with Gasteiger partial charge in [-0.2, -0.15) is 0 Å². The van der Waals surface area contributed by atoms with Gasteiger partial charge in [0.2, 0.25) is 0 Å². The average molecular weight is 477 g/mol. The minimum Gasteiger partial charge on any atom is -0.417 e. The molecule has 0 spiro atoms. The van der Waals surface area contributed by atoms with Crippen LogP contribution in [0, 0.1) is 0 Å². The number of ether oxygens (including phenoxy) is 1. The molecule has 1 saturated heterocycles. The predicted molar refractivity (Wildman–Crippen MR) is 135 cm³/mol. The van der Waals surface area contributed by atoms with Gasteiger partial charge in [0, 0.05) is 13.2 Å². The highest BCUT2D eigenvalue weighted by Gasteiger charge is 2.38. The van der Waals surface area contributed by atoms with Crippen LogP contribution in [0.4, 0.5) is 0 Å². The molecule has 2 N–H and O–H groups in total. The van der Waals surface area contributed by atoms with Gasteiger partial charge in [-0.1, -0.05) is 41.5 Å². The van der Waals surface area contributed by atoms with Gasteiger partial charge >= 0.3 is 0 Å². The molecule has 0 unspecified atom stereocenters. The van der Waals surface area contributed by atoms with Crippen LogP contribution in [0.15, 0.2) is 0 Å². The highest BCUT2D eigenvalue weighted by Crippen LogP contribution is 2.37. The molecular weight excluding hydrogens is 424 g/mol. The van der Waals surface area contributed by atoms with Gasteiger partial charge in [0.05, 0.1) is 24.4 Å². The smallest absolute Gasteiger partial charge is 0.191 e. The van der Waals surface area contributed by atoms with Gasteiger partial charge in [-0.05, 0) is 74.8 Å². The second kappa shape index (κ2) is 11.6. The topological polar surface area (TPSA) is 68.2 Å². The van der Waals surface area contributed by atoms with Gasteiger partial charge in [-0.15, -0.1) is 0 Å². The van der Waals surface area contributed by atoms with Crippen LogP contribution in [0.2, 0.25) is 36.3 Å². The van der Waals surface area contributed by atoms with Crippen molar-refractivity contribution in [3.63, 3.8) is 0 Å². The van der Waals surface area contributed by atoms with Gasteiger partial charge < -0.3 is 23.8 Å². The molecule has 186 valence electrons. The van der Waals surface area contributed by atoms with Gasteiger partial charge in [0.1, 0.15) is 0 Å². The van der Waals surface area contributed by atoms with Crippen LogP contribution in [-0.4, -0.2) is 64.5 Å². The van der Waals surface area contributed by atoms with Crippen LogP contribution < -0.4 is 0 Å². The van der Waals surface area contributed by atoms with E-state index >= 15 is 0 Å². The molecule has 0 bridgehead atoms. The standard InChI is InChI=1S/C24H52O5Si2/c1-23(2,3)30(7,8)27-17-11-13-19(25)21-15-16-22(29-21)20(26)14-12-18-28-31(9,10)24(4,5)6/h19-22,25-26H,11-18H2,1-10H3/t19-,20+,21-,22+. The molecule has 0 aliphatic carbocycles. The lowest BCUT2D eigenvalue weighted by Crippen LogP contribution is -2.41. The first-order valence-corrected chi connectivity index (χ1v) is 18.1. The van der Waals surface area contributed by atoms with Gasteiger partial charge in [-0.25, -0.2) is 0 Å². The Morgan fingerprint density at radius 1 is 0.742 bits per heavy atom. The number of hydrogen-bond acceptors (Lipinski definition) is 5. The minimum absolute atomic E-state index is 0.170. The predicted octanol–water partition coefficient (Wildman–Crippen LogP) is 5.86. The molecule has 0 aromatic carbocycles. The maximum atomic E-state index is 10.6. The molecule has 0 saturated carbocycles. The first-order chi connectivity index (χ1) is 14.0. The Bertz CT molecular complexity index is 479. The third kappa shape index (κ3) is 9.18. The Kier molecular flexibility index (Phi) is 10.9. The fourth-order valence-electron chi connectivity index (χ4n) is 3.30. The van der Waals surface area contributed by atoms with Crippen LogP contribution in [0.1, 0.15) is 80.1 Å². The molecule has 0 radical (unpaired) electrons. The van der Waals surface area contributed by atoms with E-state index in [0.717, 1.165) is 25.7 Å². The maximum Gasteiger partial charge on any atom is 0.191 e. The third-order valence-corrected chi connectivity index (χ3v) is 16.8. The lowest BCUT2D eigenvalue weighted by Gasteiger charge is -2.36. The van der Waals surface area contributed by atoms with E-state index in [9.17, 15) is 10.2 Å².